The Balaban J connectivity index is 1.74. The number of benzene rings is 1. The lowest BCUT2D eigenvalue weighted by Gasteiger charge is -2.10. The molecule has 3 rings (SSSR count). The maximum atomic E-state index is 12.5. The number of carbonyl (C=O) groups excluding carboxylic acids is 2. The Kier molecular flexibility index (Phi) is 5.95. The van der Waals surface area contributed by atoms with E-state index < -0.39 is 5.97 Å². The van der Waals surface area contributed by atoms with Gasteiger partial charge in [0.2, 0.25) is 0 Å². The molecule has 0 radical (unpaired) electrons. The molecule has 0 aliphatic rings. The van der Waals surface area contributed by atoms with E-state index in [1.807, 2.05) is 6.92 Å². The van der Waals surface area contributed by atoms with Gasteiger partial charge in [-0.15, -0.1) is 11.3 Å². The number of anilines is 1. The number of thiazole rings is 1. The lowest BCUT2D eigenvalue weighted by molar-refractivity contribution is 0.0594. The lowest BCUT2D eigenvalue weighted by Crippen LogP contribution is -2.12. The second-order valence-electron chi connectivity index (χ2n) is 5.58. The molecule has 2 aromatic heterocycles. The molecule has 0 aliphatic carbocycles. The van der Waals surface area contributed by atoms with Crippen LogP contribution in [0.1, 0.15) is 27.8 Å². The average Bonchev–Trinajstić information content (AvgIpc) is 3.37. The van der Waals surface area contributed by atoms with E-state index >= 15 is 0 Å². The van der Waals surface area contributed by atoms with Gasteiger partial charge >= 0.3 is 5.97 Å². The Morgan fingerprint density at radius 2 is 2.04 bits per heavy atom. The molecule has 1 aromatic carbocycles. The van der Waals surface area contributed by atoms with E-state index in [1.54, 1.807) is 43.0 Å². The van der Waals surface area contributed by atoms with Gasteiger partial charge in [0.25, 0.3) is 5.91 Å². The maximum absolute atomic E-state index is 12.5. The summed E-state index contributed by atoms with van der Waals surface area (Å²) in [6.45, 7) is 2.32. The van der Waals surface area contributed by atoms with Crippen LogP contribution in [0.2, 0.25) is 0 Å². The Hall–Kier alpha value is -3.33. The molecular formula is C19H19N3O5S. The van der Waals surface area contributed by atoms with E-state index in [4.69, 9.17) is 9.47 Å². The largest absolute Gasteiger partial charge is 0.493 e. The monoisotopic (exact) mass is 401 g/mol. The molecule has 0 unspecified atom stereocenters. The number of methoxy groups -OCH3 is 2. The number of nitrogens with zero attached hydrogens (tertiary/aromatic N) is 1. The number of carbonyl (C=O) groups is 2. The Morgan fingerprint density at radius 3 is 2.75 bits per heavy atom. The third kappa shape index (κ3) is 4.15. The summed E-state index contributed by atoms with van der Waals surface area (Å²) >= 11 is 1.28. The molecular weight excluding hydrogens is 382 g/mol. The van der Waals surface area contributed by atoms with Crippen molar-refractivity contribution in [3.63, 3.8) is 0 Å². The zero-order valence-electron chi connectivity index (χ0n) is 15.6. The van der Waals surface area contributed by atoms with Crippen LogP contribution >= 0.6 is 11.3 Å². The first-order valence-electron chi connectivity index (χ1n) is 8.40. The maximum Gasteiger partial charge on any atom is 0.354 e. The molecule has 1 amide bonds. The molecule has 0 saturated carbocycles. The van der Waals surface area contributed by atoms with Crippen LogP contribution in [0.4, 0.5) is 5.13 Å². The molecule has 0 fully saturated rings. The molecule has 28 heavy (non-hydrogen) atoms. The molecule has 2 heterocycles. The number of ether oxygens (including phenoxy) is 3. The highest BCUT2D eigenvalue weighted by Gasteiger charge is 2.15. The summed E-state index contributed by atoms with van der Waals surface area (Å²) in [5.74, 6) is 0.289. The smallest absolute Gasteiger partial charge is 0.354 e. The summed E-state index contributed by atoms with van der Waals surface area (Å²) < 4.78 is 15.4. The van der Waals surface area contributed by atoms with Gasteiger partial charge in [-0.2, -0.15) is 0 Å². The van der Waals surface area contributed by atoms with E-state index in [-0.39, 0.29) is 5.91 Å². The number of amides is 1. The van der Waals surface area contributed by atoms with Crippen LogP contribution < -0.4 is 14.8 Å². The van der Waals surface area contributed by atoms with Crippen molar-refractivity contribution < 1.29 is 23.8 Å². The summed E-state index contributed by atoms with van der Waals surface area (Å²) in [6, 6.07) is 6.60. The van der Waals surface area contributed by atoms with Gasteiger partial charge in [-0.25, -0.2) is 9.78 Å². The van der Waals surface area contributed by atoms with E-state index in [0.717, 1.165) is 5.56 Å². The molecule has 0 saturated heterocycles. The average molecular weight is 401 g/mol. The normalized spacial score (nSPS) is 10.4. The minimum Gasteiger partial charge on any atom is -0.493 e. The van der Waals surface area contributed by atoms with Crippen molar-refractivity contribution in [1.82, 2.24) is 9.97 Å². The third-order valence-electron chi connectivity index (χ3n) is 3.83. The van der Waals surface area contributed by atoms with Crippen LogP contribution in [-0.2, 0) is 4.74 Å². The van der Waals surface area contributed by atoms with E-state index in [2.05, 4.69) is 20.0 Å². The van der Waals surface area contributed by atoms with Crippen LogP contribution in [0.15, 0.2) is 35.8 Å². The first-order valence-corrected chi connectivity index (χ1v) is 9.28. The number of nitrogens with one attached hydrogen (secondary N) is 2. The van der Waals surface area contributed by atoms with Crippen molar-refractivity contribution in [2.24, 2.45) is 0 Å². The van der Waals surface area contributed by atoms with E-state index in [1.165, 1.54) is 18.4 Å². The van der Waals surface area contributed by atoms with Gasteiger partial charge < -0.3 is 19.2 Å². The number of hydrogen-bond acceptors (Lipinski definition) is 7. The molecule has 0 atom stereocenters. The topological polar surface area (TPSA) is 103 Å². The summed E-state index contributed by atoms with van der Waals surface area (Å²) in [7, 11) is 2.86. The molecule has 146 valence electrons. The molecule has 2 N–H and O–H groups in total. The highest BCUT2D eigenvalue weighted by molar-refractivity contribution is 7.14. The van der Waals surface area contributed by atoms with Gasteiger partial charge in [0.05, 0.1) is 26.5 Å². The number of rotatable bonds is 7. The molecule has 0 aliphatic heterocycles. The van der Waals surface area contributed by atoms with Gasteiger partial charge in [0.15, 0.2) is 16.6 Å². The Bertz CT molecular complexity index is 995. The van der Waals surface area contributed by atoms with Gasteiger partial charge in [-0.3, -0.25) is 10.1 Å². The molecule has 0 spiro atoms. The summed E-state index contributed by atoms with van der Waals surface area (Å²) in [4.78, 5) is 31.3. The fourth-order valence-corrected chi connectivity index (χ4v) is 3.20. The number of aromatic amines is 1. The third-order valence-corrected chi connectivity index (χ3v) is 4.59. The van der Waals surface area contributed by atoms with Crippen molar-refractivity contribution in [3.05, 3.63) is 47.1 Å². The predicted octanol–water partition coefficient (Wildman–Crippen LogP) is 3.58. The first-order chi connectivity index (χ1) is 13.5. The number of hydrogen-bond donors (Lipinski definition) is 2. The molecule has 9 heteroatoms. The van der Waals surface area contributed by atoms with Crippen molar-refractivity contribution in [3.8, 4) is 22.8 Å². The van der Waals surface area contributed by atoms with E-state index in [9.17, 15) is 9.59 Å². The van der Waals surface area contributed by atoms with Crippen LogP contribution in [0.5, 0.6) is 11.5 Å². The predicted molar refractivity (Wildman–Crippen MR) is 105 cm³/mol. The van der Waals surface area contributed by atoms with Gasteiger partial charge in [0.1, 0.15) is 5.69 Å². The first kappa shape index (κ1) is 19.4. The summed E-state index contributed by atoms with van der Waals surface area (Å²) in [5, 5.41) is 5.00. The van der Waals surface area contributed by atoms with Gasteiger partial charge in [-0.05, 0) is 31.2 Å². The standard InChI is InChI=1S/C19H19N3O5S/c1-4-27-16-8-11(5-6-15(16)25-2)17(23)22-19-21-14(10-28-19)12-7-13(20-9-12)18(24)26-3/h5-10,20H,4H2,1-3H3,(H,21,22,23). The SMILES string of the molecule is CCOc1cc(C(=O)Nc2nc(-c3c[nH]c(C(=O)OC)c3)cs2)ccc1OC. The van der Waals surface area contributed by atoms with Crippen LogP contribution in [0, 0.1) is 0 Å². The molecule has 8 nitrogen and oxygen atoms in total. The summed E-state index contributed by atoms with van der Waals surface area (Å²) in [6.07, 6.45) is 1.66. The second kappa shape index (κ2) is 8.57. The van der Waals surface area contributed by atoms with Gasteiger partial charge in [-0.1, -0.05) is 0 Å². The quantitative estimate of drug-likeness (QED) is 0.587. The number of H-pyrrole nitrogens is 1. The molecule has 0 bridgehead atoms. The highest BCUT2D eigenvalue weighted by Crippen LogP contribution is 2.29. The zero-order chi connectivity index (χ0) is 20.1. The van der Waals surface area contributed by atoms with Gasteiger partial charge in [0, 0.05) is 22.7 Å². The Morgan fingerprint density at radius 1 is 1.21 bits per heavy atom. The number of esters is 1. The minimum absolute atomic E-state index is 0.311. The highest BCUT2D eigenvalue weighted by atomic mass is 32.1. The Labute approximate surface area is 165 Å². The number of aromatic nitrogens is 2. The lowest BCUT2D eigenvalue weighted by atomic mass is 10.2. The zero-order valence-corrected chi connectivity index (χ0v) is 16.4. The van der Waals surface area contributed by atoms with Crippen molar-refractivity contribution in [2.45, 2.75) is 6.92 Å². The van der Waals surface area contributed by atoms with Crippen molar-refractivity contribution >= 4 is 28.3 Å². The second-order valence-corrected chi connectivity index (χ2v) is 6.44. The summed E-state index contributed by atoms with van der Waals surface area (Å²) in [5.41, 5.74) is 2.12. The van der Waals surface area contributed by atoms with Crippen LogP contribution in [-0.4, -0.2) is 42.7 Å². The minimum atomic E-state index is -0.459. The van der Waals surface area contributed by atoms with Crippen LogP contribution in [0.25, 0.3) is 11.3 Å². The fraction of sp³-hybridized carbons (Fsp3) is 0.211. The molecule has 3 aromatic rings. The van der Waals surface area contributed by atoms with Crippen LogP contribution in [0.3, 0.4) is 0 Å². The van der Waals surface area contributed by atoms with Crippen molar-refractivity contribution in [1.29, 1.82) is 0 Å². The van der Waals surface area contributed by atoms with E-state index in [0.29, 0.717) is 40.2 Å². The van der Waals surface area contributed by atoms with Crippen molar-refractivity contribution in [2.75, 3.05) is 26.1 Å². The fourth-order valence-electron chi connectivity index (χ4n) is 2.49.